The Morgan fingerprint density at radius 3 is 2.19 bits per heavy atom. The third-order valence-corrected chi connectivity index (χ3v) is 6.86. The van der Waals surface area contributed by atoms with Gasteiger partial charge in [-0.15, -0.1) is 0 Å². The molecule has 31 heavy (non-hydrogen) atoms. The lowest BCUT2D eigenvalue weighted by Gasteiger charge is -2.28. The smallest absolute Gasteiger partial charge is 0.248 e. The second-order valence-corrected chi connectivity index (χ2v) is 9.81. The first-order valence-corrected chi connectivity index (χ1v) is 12.2. The van der Waals surface area contributed by atoms with Gasteiger partial charge >= 0.3 is 0 Å². The SMILES string of the molecule is COc1ccc(N([C@H](C)C(=O)Nc2ccccc2Sc2ccccc2)S(C)(=O)=O)cc1. The molecular weight excluding hydrogens is 432 g/mol. The zero-order valence-electron chi connectivity index (χ0n) is 17.5. The molecule has 0 spiro atoms. The fourth-order valence-corrected chi connectivity index (χ4v) is 5.15. The van der Waals surface area contributed by atoms with Crippen LogP contribution in [0.1, 0.15) is 6.92 Å². The molecule has 0 bridgehead atoms. The highest BCUT2D eigenvalue weighted by molar-refractivity contribution is 7.99. The van der Waals surface area contributed by atoms with Gasteiger partial charge in [0.25, 0.3) is 0 Å². The van der Waals surface area contributed by atoms with Crippen LogP contribution in [0.2, 0.25) is 0 Å². The standard InChI is InChI=1S/C23H24N2O4S2/c1-17(25(31(3,27)28)18-13-15-19(29-2)16-14-18)23(26)24-21-11-7-8-12-22(21)30-20-9-5-4-6-10-20/h4-17H,1-3H3,(H,24,26)/t17-/m1/s1. The molecule has 0 radical (unpaired) electrons. The lowest BCUT2D eigenvalue weighted by atomic mass is 10.2. The number of hydrogen-bond donors (Lipinski definition) is 1. The van der Waals surface area contributed by atoms with E-state index < -0.39 is 22.0 Å². The Kier molecular flexibility index (Phi) is 7.25. The van der Waals surface area contributed by atoms with Gasteiger partial charge in [-0.05, 0) is 55.5 Å². The van der Waals surface area contributed by atoms with Crippen LogP contribution in [0.3, 0.4) is 0 Å². The summed E-state index contributed by atoms with van der Waals surface area (Å²) >= 11 is 1.52. The van der Waals surface area contributed by atoms with E-state index in [4.69, 9.17) is 4.74 Å². The van der Waals surface area contributed by atoms with Crippen molar-refractivity contribution in [3.63, 3.8) is 0 Å². The first-order chi connectivity index (χ1) is 14.8. The van der Waals surface area contributed by atoms with Crippen LogP contribution < -0.4 is 14.4 Å². The van der Waals surface area contributed by atoms with Crippen LogP contribution in [-0.2, 0) is 14.8 Å². The maximum absolute atomic E-state index is 13.1. The molecule has 3 aromatic carbocycles. The lowest BCUT2D eigenvalue weighted by Crippen LogP contribution is -2.45. The zero-order chi connectivity index (χ0) is 22.4. The largest absolute Gasteiger partial charge is 0.497 e. The number of nitrogens with one attached hydrogen (secondary N) is 1. The first kappa shape index (κ1) is 22.7. The van der Waals surface area contributed by atoms with Gasteiger partial charge in [-0.2, -0.15) is 0 Å². The molecule has 6 nitrogen and oxygen atoms in total. The fraction of sp³-hybridized carbons (Fsp3) is 0.174. The molecule has 0 aliphatic heterocycles. The van der Waals surface area contributed by atoms with Crippen molar-refractivity contribution < 1.29 is 17.9 Å². The second kappa shape index (κ2) is 9.89. The van der Waals surface area contributed by atoms with Crippen molar-refractivity contribution in [2.45, 2.75) is 22.8 Å². The number of sulfonamides is 1. The average Bonchev–Trinajstić information content (AvgIpc) is 2.75. The van der Waals surface area contributed by atoms with Crippen molar-refractivity contribution in [1.29, 1.82) is 0 Å². The summed E-state index contributed by atoms with van der Waals surface area (Å²) in [6, 6.07) is 22.8. The average molecular weight is 457 g/mol. The Labute approximate surface area is 187 Å². The Morgan fingerprint density at radius 1 is 0.968 bits per heavy atom. The van der Waals surface area contributed by atoms with Crippen LogP contribution in [0, 0.1) is 0 Å². The van der Waals surface area contributed by atoms with Crippen LogP contribution in [0.15, 0.2) is 88.7 Å². The van der Waals surface area contributed by atoms with Crippen LogP contribution in [0.25, 0.3) is 0 Å². The number of para-hydroxylation sites is 1. The van der Waals surface area contributed by atoms with Crippen LogP contribution in [-0.4, -0.2) is 33.7 Å². The van der Waals surface area contributed by atoms with Gasteiger partial charge in [0.2, 0.25) is 15.9 Å². The van der Waals surface area contributed by atoms with Crippen LogP contribution in [0.4, 0.5) is 11.4 Å². The van der Waals surface area contributed by atoms with Gasteiger partial charge in [0.05, 0.1) is 24.7 Å². The lowest BCUT2D eigenvalue weighted by molar-refractivity contribution is -0.116. The van der Waals surface area contributed by atoms with Crippen molar-refractivity contribution >= 4 is 39.1 Å². The van der Waals surface area contributed by atoms with Gasteiger partial charge in [-0.1, -0.05) is 42.1 Å². The monoisotopic (exact) mass is 456 g/mol. The van der Waals surface area contributed by atoms with Gasteiger partial charge in [0.1, 0.15) is 11.8 Å². The van der Waals surface area contributed by atoms with Crippen molar-refractivity contribution in [1.82, 2.24) is 0 Å². The van der Waals surface area contributed by atoms with E-state index in [0.717, 1.165) is 20.4 Å². The number of nitrogens with zero attached hydrogens (tertiary/aromatic N) is 1. The third kappa shape index (κ3) is 5.80. The minimum atomic E-state index is -3.71. The number of methoxy groups -OCH3 is 1. The topological polar surface area (TPSA) is 75.7 Å². The third-order valence-electron chi connectivity index (χ3n) is 4.53. The van der Waals surface area contributed by atoms with E-state index in [0.29, 0.717) is 17.1 Å². The number of anilines is 2. The van der Waals surface area contributed by atoms with Crippen LogP contribution in [0.5, 0.6) is 5.75 Å². The molecule has 0 fully saturated rings. The van der Waals surface area contributed by atoms with E-state index in [2.05, 4.69) is 5.32 Å². The highest BCUT2D eigenvalue weighted by Crippen LogP contribution is 2.33. The number of amides is 1. The summed E-state index contributed by atoms with van der Waals surface area (Å²) in [5.74, 6) is 0.170. The molecule has 1 amide bonds. The Bertz CT molecular complexity index is 1130. The number of carbonyl (C=O) groups is 1. The summed E-state index contributed by atoms with van der Waals surface area (Å²) in [5.41, 5.74) is 1.01. The predicted molar refractivity (Wildman–Crippen MR) is 125 cm³/mol. The molecule has 0 heterocycles. The summed E-state index contributed by atoms with van der Waals surface area (Å²) in [6.45, 7) is 1.56. The minimum absolute atomic E-state index is 0.387. The molecule has 8 heteroatoms. The number of carbonyl (C=O) groups excluding carboxylic acids is 1. The summed E-state index contributed by atoms with van der Waals surface area (Å²) < 4.78 is 31.2. The number of hydrogen-bond acceptors (Lipinski definition) is 5. The van der Waals surface area contributed by atoms with Crippen LogP contribution >= 0.6 is 11.8 Å². The van der Waals surface area contributed by atoms with E-state index in [1.165, 1.54) is 18.9 Å². The van der Waals surface area contributed by atoms with E-state index in [1.807, 2.05) is 48.5 Å². The summed E-state index contributed by atoms with van der Waals surface area (Å²) in [7, 11) is -2.17. The molecule has 162 valence electrons. The van der Waals surface area contributed by atoms with Gasteiger partial charge in [-0.25, -0.2) is 8.42 Å². The Hall–Kier alpha value is -2.97. The molecule has 0 unspecified atom stereocenters. The second-order valence-electron chi connectivity index (χ2n) is 6.83. The molecular formula is C23H24N2O4S2. The molecule has 1 atom stereocenters. The van der Waals surface area contributed by atoms with Crippen molar-refractivity contribution in [3.8, 4) is 5.75 Å². The molecule has 1 N–H and O–H groups in total. The molecule has 0 saturated heterocycles. The first-order valence-electron chi connectivity index (χ1n) is 9.56. The minimum Gasteiger partial charge on any atom is -0.497 e. The number of benzene rings is 3. The molecule has 0 saturated carbocycles. The summed E-state index contributed by atoms with van der Waals surface area (Å²) in [5, 5.41) is 2.88. The van der Waals surface area contributed by atoms with Gasteiger partial charge < -0.3 is 10.1 Å². The maximum atomic E-state index is 13.1. The highest BCUT2D eigenvalue weighted by Gasteiger charge is 2.29. The highest BCUT2D eigenvalue weighted by atomic mass is 32.2. The summed E-state index contributed by atoms with van der Waals surface area (Å²) in [4.78, 5) is 15.0. The van der Waals surface area contributed by atoms with Gasteiger partial charge in [0.15, 0.2) is 0 Å². The zero-order valence-corrected chi connectivity index (χ0v) is 19.1. The maximum Gasteiger partial charge on any atom is 0.248 e. The predicted octanol–water partition coefficient (Wildman–Crippen LogP) is 4.64. The number of ether oxygens (including phenoxy) is 1. The quantitative estimate of drug-likeness (QED) is 0.534. The Balaban J connectivity index is 1.84. The molecule has 0 aliphatic rings. The molecule has 0 aliphatic carbocycles. The Morgan fingerprint density at radius 2 is 1.58 bits per heavy atom. The van der Waals surface area contributed by atoms with E-state index >= 15 is 0 Å². The van der Waals surface area contributed by atoms with E-state index in [9.17, 15) is 13.2 Å². The van der Waals surface area contributed by atoms with Crippen molar-refractivity contribution in [2.24, 2.45) is 0 Å². The summed E-state index contributed by atoms with van der Waals surface area (Å²) in [6.07, 6.45) is 1.08. The normalized spacial score (nSPS) is 12.1. The van der Waals surface area contributed by atoms with E-state index in [-0.39, 0.29) is 0 Å². The van der Waals surface area contributed by atoms with Crippen molar-refractivity contribution in [2.75, 3.05) is 23.0 Å². The molecule has 3 rings (SSSR count). The molecule has 0 aromatic heterocycles. The number of rotatable bonds is 8. The van der Waals surface area contributed by atoms with Crippen molar-refractivity contribution in [3.05, 3.63) is 78.9 Å². The fourth-order valence-electron chi connectivity index (χ4n) is 3.05. The molecule has 3 aromatic rings. The van der Waals surface area contributed by atoms with Gasteiger partial charge in [-0.3, -0.25) is 9.10 Å². The van der Waals surface area contributed by atoms with Gasteiger partial charge in [0, 0.05) is 9.79 Å². The van der Waals surface area contributed by atoms with E-state index in [1.54, 1.807) is 37.3 Å².